The van der Waals surface area contributed by atoms with Crippen LogP contribution in [-0.4, -0.2) is 17.6 Å². The van der Waals surface area contributed by atoms with Gasteiger partial charge in [-0.25, -0.2) is 0 Å². The van der Waals surface area contributed by atoms with E-state index >= 15 is 0 Å². The summed E-state index contributed by atoms with van der Waals surface area (Å²) in [5.41, 5.74) is 9.10. The number of hydrogen-bond acceptors (Lipinski definition) is 4. The summed E-state index contributed by atoms with van der Waals surface area (Å²) in [7, 11) is 0. The standard InChI is InChI=1S/C17H19N3O/c1-12-5-3-4-6-15(12)20-16(18)19-11-17(20,2)13-7-9-14(21)10-8-13/h3-10,21H,11H2,1-2H3,(H2,18,19). The van der Waals surface area contributed by atoms with Gasteiger partial charge in [-0.15, -0.1) is 0 Å². The number of aliphatic imine (C=N–C) groups is 1. The summed E-state index contributed by atoms with van der Waals surface area (Å²) in [6.45, 7) is 4.78. The van der Waals surface area contributed by atoms with Crippen LogP contribution >= 0.6 is 0 Å². The van der Waals surface area contributed by atoms with E-state index in [1.807, 2.05) is 24.3 Å². The van der Waals surface area contributed by atoms with Crippen LogP contribution in [0.2, 0.25) is 0 Å². The van der Waals surface area contributed by atoms with E-state index < -0.39 is 0 Å². The lowest BCUT2D eigenvalue weighted by Gasteiger charge is -2.37. The molecule has 0 radical (unpaired) electrons. The lowest BCUT2D eigenvalue weighted by Crippen LogP contribution is -2.48. The normalized spacial score (nSPS) is 21.4. The van der Waals surface area contributed by atoms with Gasteiger partial charge in [-0.3, -0.25) is 4.99 Å². The average molecular weight is 281 g/mol. The first-order valence-corrected chi connectivity index (χ1v) is 6.98. The molecule has 0 fully saturated rings. The third-order valence-corrected chi connectivity index (χ3v) is 4.12. The number of phenolic OH excluding ortho intramolecular Hbond substituents is 1. The molecule has 2 aromatic carbocycles. The number of guanidine groups is 1. The number of nitrogens with two attached hydrogens (primary N) is 1. The predicted molar refractivity (Wildman–Crippen MR) is 85.6 cm³/mol. The van der Waals surface area contributed by atoms with Crippen LogP contribution in [0.4, 0.5) is 5.69 Å². The number of benzene rings is 2. The SMILES string of the molecule is Cc1ccccc1N1C(N)=NCC1(C)c1ccc(O)cc1. The molecule has 2 aromatic rings. The highest BCUT2D eigenvalue weighted by atomic mass is 16.3. The van der Waals surface area contributed by atoms with Crippen LogP contribution < -0.4 is 10.6 Å². The summed E-state index contributed by atoms with van der Waals surface area (Å²) in [6.07, 6.45) is 0. The molecule has 0 aliphatic carbocycles. The zero-order chi connectivity index (χ0) is 15.0. The summed E-state index contributed by atoms with van der Waals surface area (Å²) in [5, 5.41) is 9.50. The predicted octanol–water partition coefficient (Wildman–Crippen LogP) is 2.75. The molecule has 21 heavy (non-hydrogen) atoms. The Balaban J connectivity index is 2.10. The van der Waals surface area contributed by atoms with E-state index in [0.29, 0.717) is 12.5 Å². The van der Waals surface area contributed by atoms with Crippen molar-refractivity contribution in [1.82, 2.24) is 0 Å². The topological polar surface area (TPSA) is 61.8 Å². The molecule has 3 rings (SSSR count). The average Bonchev–Trinajstić information content (AvgIpc) is 2.77. The van der Waals surface area contributed by atoms with E-state index in [-0.39, 0.29) is 11.3 Å². The molecule has 0 amide bonds. The molecule has 108 valence electrons. The maximum atomic E-state index is 9.50. The maximum Gasteiger partial charge on any atom is 0.196 e. The summed E-state index contributed by atoms with van der Waals surface area (Å²) in [5.74, 6) is 0.788. The molecule has 0 saturated heterocycles. The number of rotatable bonds is 2. The molecule has 1 atom stereocenters. The Morgan fingerprint density at radius 3 is 2.48 bits per heavy atom. The number of para-hydroxylation sites is 1. The van der Waals surface area contributed by atoms with Crippen LogP contribution in [0.5, 0.6) is 5.75 Å². The second-order valence-corrected chi connectivity index (χ2v) is 5.62. The van der Waals surface area contributed by atoms with E-state index in [4.69, 9.17) is 5.73 Å². The number of anilines is 1. The molecule has 0 spiro atoms. The third-order valence-electron chi connectivity index (χ3n) is 4.12. The number of aryl methyl sites for hydroxylation is 1. The molecule has 0 saturated carbocycles. The Labute approximate surface area is 124 Å². The van der Waals surface area contributed by atoms with Gasteiger partial charge >= 0.3 is 0 Å². The zero-order valence-corrected chi connectivity index (χ0v) is 12.2. The Bertz CT molecular complexity index is 693. The van der Waals surface area contributed by atoms with Gasteiger partial charge in [0.05, 0.1) is 12.1 Å². The summed E-state index contributed by atoms with van der Waals surface area (Å²) >= 11 is 0. The van der Waals surface area contributed by atoms with E-state index in [1.165, 1.54) is 0 Å². The lowest BCUT2D eigenvalue weighted by molar-refractivity contribution is 0.473. The van der Waals surface area contributed by atoms with Crippen molar-refractivity contribution in [2.45, 2.75) is 19.4 Å². The molecule has 0 aromatic heterocycles. The van der Waals surface area contributed by atoms with Crippen molar-refractivity contribution in [3.63, 3.8) is 0 Å². The van der Waals surface area contributed by atoms with Crippen LogP contribution in [0.3, 0.4) is 0 Å². The number of phenols is 1. The van der Waals surface area contributed by atoms with Crippen LogP contribution in [0.15, 0.2) is 53.5 Å². The molecule has 0 bridgehead atoms. The fourth-order valence-electron chi connectivity index (χ4n) is 2.87. The highest BCUT2D eigenvalue weighted by Crippen LogP contribution is 2.38. The van der Waals surface area contributed by atoms with Gasteiger partial charge in [0.15, 0.2) is 5.96 Å². The Hall–Kier alpha value is -2.49. The molecule has 3 N–H and O–H groups in total. The van der Waals surface area contributed by atoms with Crippen molar-refractivity contribution in [2.24, 2.45) is 10.7 Å². The minimum Gasteiger partial charge on any atom is -0.508 e. The van der Waals surface area contributed by atoms with Gasteiger partial charge in [-0.1, -0.05) is 30.3 Å². The molecule has 1 aliphatic rings. The fourth-order valence-corrected chi connectivity index (χ4v) is 2.87. The van der Waals surface area contributed by atoms with Gasteiger partial charge in [0.25, 0.3) is 0 Å². The second kappa shape index (κ2) is 4.81. The molecule has 1 unspecified atom stereocenters. The Kier molecular flexibility index (Phi) is 3.09. The van der Waals surface area contributed by atoms with Crippen LogP contribution in [0.25, 0.3) is 0 Å². The van der Waals surface area contributed by atoms with Gasteiger partial charge < -0.3 is 15.7 Å². The first-order chi connectivity index (χ1) is 10.0. The molecule has 1 heterocycles. The van der Waals surface area contributed by atoms with Crippen molar-refractivity contribution in [3.05, 3.63) is 59.7 Å². The van der Waals surface area contributed by atoms with Crippen molar-refractivity contribution in [1.29, 1.82) is 0 Å². The van der Waals surface area contributed by atoms with E-state index in [9.17, 15) is 5.11 Å². The zero-order valence-electron chi connectivity index (χ0n) is 12.2. The Morgan fingerprint density at radius 1 is 1.14 bits per heavy atom. The summed E-state index contributed by atoms with van der Waals surface area (Å²) < 4.78 is 0. The summed E-state index contributed by atoms with van der Waals surface area (Å²) in [6, 6.07) is 15.4. The molecular formula is C17H19N3O. The van der Waals surface area contributed by atoms with Gasteiger partial charge in [-0.2, -0.15) is 0 Å². The summed E-state index contributed by atoms with van der Waals surface area (Å²) in [4.78, 5) is 6.52. The van der Waals surface area contributed by atoms with Gasteiger partial charge in [0.2, 0.25) is 0 Å². The highest BCUT2D eigenvalue weighted by Gasteiger charge is 2.41. The Morgan fingerprint density at radius 2 is 1.81 bits per heavy atom. The number of nitrogens with zero attached hydrogens (tertiary/aromatic N) is 2. The van der Waals surface area contributed by atoms with Crippen LogP contribution in [0, 0.1) is 6.92 Å². The van der Waals surface area contributed by atoms with Crippen LogP contribution in [0.1, 0.15) is 18.1 Å². The molecule has 1 aliphatic heterocycles. The van der Waals surface area contributed by atoms with Crippen molar-refractivity contribution >= 4 is 11.6 Å². The quantitative estimate of drug-likeness (QED) is 0.889. The molecule has 4 nitrogen and oxygen atoms in total. The fraction of sp³-hybridized carbons (Fsp3) is 0.235. The third kappa shape index (κ3) is 2.13. The monoisotopic (exact) mass is 281 g/mol. The maximum absolute atomic E-state index is 9.50. The van der Waals surface area contributed by atoms with Crippen LogP contribution in [-0.2, 0) is 5.54 Å². The van der Waals surface area contributed by atoms with Gasteiger partial charge in [-0.05, 0) is 43.2 Å². The minimum atomic E-state index is -0.343. The van der Waals surface area contributed by atoms with Gasteiger partial charge in [0.1, 0.15) is 5.75 Å². The number of aromatic hydroxyl groups is 1. The van der Waals surface area contributed by atoms with E-state index in [1.54, 1.807) is 12.1 Å². The van der Waals surface area contributed by atoms with Gasteiger partial charge in [0, 0.05) is 5.69 Å². The first kappa shape index (κ1) is 13.5. The molecular weight excluding hydrogens is 262 g/mol. The first-order valence-electron chi connectivity index (χ1n) is 6.98. The van der Waals surface area contributed by atoms with E-state index in [2.05, 4.69) is 35.9 Å². The highest BCUT2D eigenvalue weighted by molar-refractivity contribution is 5.99. The van der Waals surface area contributed by atoms with Crippen molar-refractivity contribution in [2.75, 3.05) is 11.4 Å². The van der Waals surface area contributed by atoms with Crippen molar-refractivity contribution in [3.8, 4) is 5.75 Å². The smallest absolute Gasteiger partial charge is 0.196 e. The second-order valence-electron chi connectivity index (χ2n) is 5.62. The largest absolute Gasteiger partial charge is 0.508 e. The minimum absolute atomic E-state index is 0.261. The molecule has 4 heteroatoms. The van der Waals surface area contributed by atoms with Crippen molar-refractivity contribution < 1.29 is 5.11 Å². The lowest BCUT2D eigenvalue weighted by atomic mass is 9.90. The number of hydrogen-bond donors (Lipinski definition) is 2. The van der Waals surface area contributed by atoms with E-state index in [0.717, 1.165) is 16.8 Å².